The van der Waals surface area contributed by atoms with Crippen LogP contribution in [0.2, 0.25) is 0 Å². The number of hydrogen-bond acceptors (Lipinski definition) is 6. The Kier molecular flexibility index (Phi) is 6.11. The zero-order chi connectivity index (χ0) is 22.6. The lowest BCUT2D eigenvalue weighted by Crippen LogP contribution is -2.43. The second-order valence-electron chi connectivity index (χ2n) is 7.10. The number of ether oxygens (including phenoxy) is 2. The summed E-state index contributed by atoms with van der Waals surface area (Å²) in [4.78, 5) is 38.6. The van der Waals surface area contributed by atoms with Gasteiger partial charge in [0.2, 0.25) is 5.91 Å². The van der Waals surface area contributed by atoms with Crippen molar-refractivity contribution in [1.29, 1.82) is 5.26 Å². The topological polar surface area (TPSA) is 121 Å². The van der Waals surface area contributed by atoms with Gasteiger partial charge in [-0.3, -0.25) is 14.5 Å². The SMILES string of the molecule is COc1ccc(CNC(=O)CN2C(=O)N[C@@](C)(c3ccc(C#N)cc3)C2=O)cc1OC. The lowest BCUT2D eigenvalue weighted by molar-refractivity contribution is -0.134. The molecule has 0 radical (unpaired) electrons. The van der Waals surface area contributed by atoms with Crippen LogP contribution in [0.1, 0.15) is 23.6 Å². The Balaban J connectivity index is 1.65. The summed E-state index contributed by atoms with van der Waals surface area (Å²) in [6, 6.07) is 12.9. The summed E-state index contributed by atoms with van der Waals surface area (Å²) in [5.41, 5.74) is 0.425. The van der Waals surface area contributed by atoms with Gasteiger partial charge in [0.25, 0.3) is 5.91 Å². The standard InChI is InChI=1S/C22H22N4O5/c1-22(16-7-4-14(11-23)5-8-16)20(28)26(21(29)25-22)13-19(27)24-12-15-6-9-17(30-2)18(10-15)31-3/h4-10H,12-13H2,1-3H3,(H,24,27)(H,25,29)/t22-/m0/s1. The number of nitrogens with one attached hydrogen (secondary N) is 2. The Bertz CT molecular complexity index is 1060. The largest absolute Gasteiger partial charge is 0.493 e. The first-order chi connectivity index (χ1) is 14.8. The molecule has 1 aliphatic heterocycles. The lowest BCUT2D eigenvalue weighted by atomic mass is 9.91. The highest BCUT2D eigenvalue weighted by atomic mass is 16.5. The molecule has 1 fully saturated rings. The van der Waals surface area contributed by atoms with Gasteiger partial charge in [-0.25, -0.2) is 4.79 Å². The number of rotatable bonds is 7. The van der Waals surface area contributed by atoms with E-state index in [0.29, 0.717) is 22.6 Å². The van der Waals surface area contributed by atoms with E-state index in [1.54, 1.807) is 49.4 Å². The molecule has 1 atom stereocenters. The van der Waals surface area contributed by atoms with Crippen molar-refractivity contribution in [2.45, 2.75) is 19.0 Å². The molecule has 0 unspecified atom stereocenters. The van der Waals surface area contributed by atoms with Gasteiger partial charge in [-0.15, -0.1) is 0 Å². The van der Waals surface area contributed by atoms with Crippen LogP contribution in [0.5, 0.6) is 11.5 Å². The van der Waals surface area contributed by atoms with Crippen molar-refractivity contribution in [3.05, 3.63) is 59.2 Å². The van der Waals surface area contributed by atoms with E-state index in [-0.39, 0.29) is 6.54 Å². The predicted molar refractivity (Wildman–Crippen MR) is 110 cm³/mol. The number of carbonyl (C=O) groups excluding carboxylic acids is 3. The molecule has 0 saturated carbocycles. The van der Waals surface area contributed by atoms with E-state index in [9.17, 15) is 14.4 Å². The zero-order valence-corrected chi connectivity index (χ0v) is 17.4. The maximum absolute atomic E-state index is 12.9. The Hall–Kier alpha value is -4.06. The van der Waals surface area contributed by atoms with Crippen LogP contribution in [0.25, 0.3) is 0 Å². The summed E-state index contributed by atoms with van der Waals surface area (Å²) in [7, 11) is 3.05. The lowest BCUT2D eigenvalue weighted by Gasteiger charge is -2.22. The average Bonchev–Trinajstić information content (AvgIpc) is 3.01. The molecule has 1 heterocycles. The summed E-state index contributed by atoms with van der Waals surface area (Å²) in [6.07, 6.45) is 0. The number of nitrogens with zero attached hydrogens (tertiary/aromatic N) is 2. The van der Waals surface area contributed by atoms with Gasteiger partial charge in [-0.2, -0.15) is 5.26 Å². The van der Waals surface area contributed by atoms with Crippen molar-refractivity contribution in [3.63, 3.8) is 0 Å². The van der Waals surface area contributed by atoms with Gasteiger partial charge in [-0.05, 0) is 42.3 Å². The van der Waals surface area contributed by atoms with Crippen LogP contribution in [-0.2, 0) is 21.7 Å². The third kappa shape index (κ3) is 4.28. The molecule has 4 amide bonds. The molecule has 2 aromatic rings. The molecule has 2 N–H and O–H groups in total. The summed E-state index contributed by atoms with van der Waals surface area (Å²) in [6.45, 7) is 1.34. The highest BCUT2D eigenvalue weighted by molar-refractivity contribution is 6.09. The molecular formula is C22H22N4O5. The molecule has 2 aromatic carbocycles. The first-order valence-corrected chi connectivity index (χ1v) is 9.44. The van der Waals surface area contributed by atoms with Crippen molar-refractivity contribution < 1.29 is 23.9 Å². The van der Waals surface area contributed by atoms with Gasteiger partial charge in [0.1, 0.15) is 12.1 Å². The van der Waals surface area contributed by atoms with Crippen LogP contribution in [-0.4, -0.2) is 43.5 Å². The number of hydrogen-bond donors (Lipinski definition) is 2. The zero-order valence-electron chi connectivity index (χ0n) is 17.4. The normalized spacial score (nSPS) is 17.7. The molecule has 3 rings (SSSR count). The molecule has 0 spiro atoms. The molecule has 0 bridgehead atoms. The number of nitriles is 1. The quantitative estimate of drug-likeness (QED) is 0.655. The van der Waals surface area contributed by atoms with Crippen LogP contribution in [0, 0.1) is 11.3 Å². The van der Waals surface area contributed by atoms with Crippen LogP contribution in [0.4, 0.5) is 4.79 Å². The van der Waals surface area contributed by atoms with Gasteiger partial charge in [0.05, 0.1) is 25.9 Å². The molecule has 1 saturated heterocycles. The van der Waals surface area contributed by atoms with Gasteiger partial charge in [0.15, 0.2) is 11.5 Å². The predicted octanol–water partition coefficient (Wildman–Crippen LogP) is 1.66. The first-order valence-electron chi connectivity index (χ1n) is 9.44. The Labute approximate surface area is 179 Å². The molecule has 9 heteroatoms. The number of imide groups is 1. The van der Waals surface area contributed by atoms with Gasteiger partial charge < -0.3 is 20.1 Å². The van der Waals surface area contributed by atoms with E-state index >= 15 is 0 Å². The van der Waals surface area contributed by atoms with Crippen molar-refractivity contribution >= 4 is 17.8 Å². The van der Waals surface area contributed by atoms with Crippen LogP contribution in [0.3, 0.4) is 0 Å². The van der Waals surface area contributed by atoms with Crippen LogP contribution < -0.4 is 20.1 Å². The molecule has 1 aliphatic rings. The van der Waals surface area contributed by atoms with E-state index in [1.807, 2.05) is 6.07 Å². The second-order valence-corrected chi connectivity index (χ2v) is 7.10. The van der Waals surface area contributed by atoms with E-state index in [2.05, 4.69) is 10.6 Å². The molecule has 9 nitrogen and oxygen atoms in total. The van der Waals surface area contributed by atoms with E-state index in [0.717, 1.165) is 10.5 Å². The highest BCUT2D eigenvalue weighted by Crippen LogP contribution is 2.29. The van der Waals surface area contributed by atoms with Gasteiger partial charge in [-0.1, -0.05) is 18.2 Å². The minimum absolute atomic E-state index is 0.190. The van der Waals surface area contributed by atoms with Crippen LogP contribution >= 0.6 is 0 Å². The van der Waals surface area contributed by atoms with Crippen molar-refractivity contribution in [1.82, 2.24) is 15.5 Å². The van der Waals surface area contributed by atoms with E-state index in [1.165, 1.54) is 14.2 Å². The Morgan fingerprint density at radius 1 is 1.13 bits per heavy atom. The molecule has 0 aromatic heterocycles. The molecule has 31 heavy (non-hydrogen) atoms. The van der Waals surface area contributed by atoms with E-state index in [4.69, 9.17) is 14.7 Å². The third-order valence-corrected chi connectivity index (χ3v) is 5.11. The number of urea groups is 1. The summed E-state index contributed by atoms with van der Waals surface area (Å²) in [5.74, 6) is 0.0753. The highest BCUT2D eigenvalue weighted by Gasteiger charge is 2.49. The number of amides is 4. The van der Waals surface area contributed by atoms with Crippen LogP contribution in [0.15, 0.2) is 42.5 Å². The fourth-order valence-corrected chi connectivity index (χ4v) is 3.31. The number of carbonyl (C=O) groups is 3. The fourth-order valence-electron chi connectivity index (χ4n) is 3.31. The Morgan fingerprint density at radius 3 is 2.42 bits per heavy atom. The summed E-state index contributed by atoms with van der Waals surface area (Å²) < 4.78 is 10.4. The first kappa shape index (κ1) is 21.6. The minimum Gasteiger partial charge on any atom is -0.493 e. The van der Waals surface area contributed by atoms with Gasteiger partial charge >= 0.3 is 6.03 Å². The fraction of sp³-hybridized carbons (Fsp3) is 0.273. The number of benzene rings is 2. The van der Waals surface area contributed by atoms with Crippen molar-refractivity contribution in [2.75, 3.05) is 20.8 Å². The number of methoxy groups -OCH3 is 2. The molecular weight excluding hydrogens is 400 g/mol. The van der Waals surface area contributed by atoms with Crippen molar-refractivity contribution in [3.8, 4) is 17.6 Å². The van der Waals surface area contributed by atoms with Crippen molar-refractivity contribution in [2.24, 2.45) is 0 Å². The summed E-state index contributed by atoms with van der Waals surface area (Å²) >= 11 is 0. The minimum atomic E-state index is -1.31. The third-order valence-electron chi connectivity index (χ3n) is 5.11. The maximum Gasteiger partial charge on any atom is 0.325 e. The van der Waals surface area contributed by atoms with Gasteiger partial charge in [0, 0.05) is 6.54 Å². The Morgan fingerprint density at radius 2 is 1.81 bits per heavy atom. The summed E-state index contributed by atoms with van der Waals surface area (Å²) in [5, 5.41) is 14.3. The molecule has 160 valence electrons. The monoisotopic (exact) mass is 422 g/mol. The average molecular weight is 422 g/mol. The van der Waals surface area contributed by atoms with E-state index < -0.39 is 29.9 Å². The maximum atomic E-state index is 12.9. The molecule has 0 aliphatic carbocycles. The second kappa shape index (κ2) is 8.75. The smallest absolute Gasteiger partial charge is 0.325 e.